The molecule has 2 atom stereocenters. The molecule has 0 spiro atoms. The first-order chi connectivity index (χ1) is 12.9. The van der Waals surface area contributed by atoms with Gasteiger partial charge in [0.25, 0.3) is 0 Å². The second-order valence-electron chi connectivity index (χ2n) is 6.78. The second-order valence-corrected chi connectivity index (χ2v) is 6.78. The van der Waals surface area contributed by atoms with Gasteiger partial charge >= 0.3 is 0 Å². The van der Waals surface area contributed by atoms with Gasteiger partial charge in [0.2, 0.25) is 5.91 Å². The molecule has 0 aliphatic rings. The van der Waals surface area contributed by atoms with Gasteiger partial charge in [-0.1, -0.05) is 18.2 Å². The number of ether oxygens (including phenoxy) is 1. The topological polar surface area (TPSA) is 84.6 Å². The molecule has 27 heavy (non-hydrogen) atoms. The van der Waals surface area contributed by atoms with Crippen LogP contribution in [0.4, 0.5) is 4.39 Å². The number of methoxy groups -OCH3 is 1. The van der Waals surface area contributed by atoms with Gasteiger partial charge in [0, 0.05) is 12.6 Å². The van der Waals surface area contributed by atoms with Crippen LogP contribution in [0.25, 0.3) is 0 Å². The third-order valence-corrected chi connectivity index (χ3v) is 4.62. The van der Waals surface area contributed by atoms with Gasteiger partial charge in [-0.2, -0.15) is 0 Å². The third-order valence-electron chi connectivity index (χ3n) is 4.62. The zero-order valence-corrected chi connectivity index (χ0v) is 15.7. The Balaban J connectivity index is 1.82. The molecule has 0 aromatic heterocycles. The van der Waals surface area contributed by atoms with Crippen LogP contribution in [-0.2, 0) is 17.6 Å². The molecule has 2 aromatic rings. The van der Waals surface area contributed by atoms with E-state index in [1.807, 2.05) is 13.0 Å². The lowest BCUT2D eigenvalue weighted by Crippen LogP contribution is -2.38. The second kappa shape index (κ2) is 9.92. The van der Waals surface area contributed by atoms with Crippen LogP contribution in [0.15, 0.2) is 42.5 Å². The molecule has 4 N–H and O–H groups in total. The predicted molar refractivity (Wildman–Crippen MR) is 103 cm³/mol. The van der Waals surface area contributed by atoms with Gasteiger partial charge in [-0.25, -0.2) is 4.39 Å². The summed E-state index contributed by atoms with van der Waals surface area (Å²) in [5, 5.41) is 13.2. The third kappa shape index (κ3) is 6.57. The number of primary amides is 1. The average molecular weight is 374 g/mol. The van der Waals surface area contributed by atoms with Crippen molar-refractivity contribution in [1.29, 1.82) is 0 Å². The van der Waals surface area contributed by atoms with Crippen LogP contribution in [0.1, 0.15) is 24.5 Å². The molecule has 0 saturated carbocycles. The SMILES string of the molecule is COc1ccc(CC[C@H](C)NC[C@@H](Cc2ccc(F)cc2)C(N)=O)cc1O. The molecule has 2 rings (SSSR count). The first-order valence-electron chi connectivity index (χ1n) is 9.02. The normalized spacial score (nSPS) is 13.1. The summed E-state index contributed by atoms with van der Waals surface area (Å²) in [5.74, 6) is -0.452. The Bertz CT molecular complexity index is 750. The van der Waals surface area contributed by atoms with Crippen molar-refractivity contribution >= 4 is 5.91 Å². The summed E-state index contributed by atoms with van der Waals surface area (Å²) >= 11 is 0. The summed E-state index contributed by atoms with van der Waals surface area (Å²) in [6, 6.07) is 11.6. The highest BCUT2D eigenvalue weighted by Gasteiger charge is 2.17. The number of carbonyl (C=O) groups excluding carboxylic acids is 1. The number of amides is 1. The molecule has 146 valence electrons. The highest BCUT2D eigenvalue weighted by atomic mass is 19.1. The molecule has 0 fully saturated rings. The van der Waals surface area contributed by atoms with Crippen LogP contribution >= 0.6 is 0 Å². The molecule has 0 radical (unpaired) electrons. The molecule has 0 saturated heterocycles. The average Bonchev–Trinajstić information content (AvgIpc) is 2.64. The van der Waals surface area contributed by atoms with E-state index in [4.69, 9.17) is 10.5 Å². The van der Waals surface area contributed by atoms with Crippen molar-refractivity contribution in [2.45, 2.75) is 32.2 Å². The van der Waals surface area contributed by atoms with Crippen LogP contribution in [0.2, 0.25) is 0 Å². The summed E-state index contributed by atoms with van der Waals surface area (Å²) in [5.41, 5.74) is 7.41. The molecule has 0 aliphatic heterocycles. The maximum Gasteiger partial charge on any atom is 0.222 e. The summed E-state index contributed by atoms with van der Waals surface area (Å²) in [7, 11) is 1.52. The van der Waals surface area contributed by atoms with Crippen molar-refractivity contribution in [1.82, 2.24) is 5.32 Å². The van der Waals surface area contributed by atoms with Gasteiger partial charge in [0.15, 0.2) is 11.5 Å². The first-order valence-corrected chi connectivity index (χ1v) is 9.02. The summed E-state index contributed by atoms with van der Waals surface area (Å²) in [6.07, 6.45) is 2.10. The molecule has 0 unspecified atom stereocenters. The van der Waals surface area contributed by atoms with Crippen LogP contribution in [0, 0.1) is 11.7 Å². The van der Waals surface area contributed by atoms with Crippen molar-refractivity contribution in [2.75, 3.05) is 13.7 Å². The molecule has 1 amide bonds. The number of rotatable bonds is 10. The molecule has 0 aliphatic carbocycles. The highest BCUT2D eigenvalue weighted by molar-refractivity contribution is 5.77. The number of benzene rings is 2. The van der Waals surface area contributed by atoms with Crippen molar-refractivity contribution in [3.05, 3.63) is 59.4 Å². The van der Waals surface area contributed by atoms with Crippen molar-refractivity contribution in [3.63, 3.8) is 0 Å². The number of phenols is 1. The smallest absolute Gasteiger partial charge is 0.222 e. The maximum atomic E-state index is 13.0. The van der Waals surface area contributed by atoms with Gasteiger partial charge in [-0.05, 0) is 61.6 Å². The number of carbonyl (C=O) groups is 1. The number of aryl methyl sites for hydroxylation is 1. The lowest BCUT2D eigenvalue weighted by atomic mass is 9.98. The van der Waals surface area contributed by atoms with Gasteiger partial charge in [-0.3, -0.25) is 4.79 Å². The minimum atomic E-state index is -0.376. The monoisotopic (exact) mass is 374 g/mol. The summed E-state index contributed by atoms with van der Waals surface area (Å²) in [4.78, 5) is 11.7. The van der Waals surface area contributed by atoms with E-state index in [0.717, 1.165) is 24.0 Å². The number of hydrogen-bond donors (Lipinski definition) is 3. The Labute approximate surface area is 159 Å². The maximum absolute atomic E-state index is 13.0. The highest BCUT2D eigenvalue weighted by Crippen LogP contribution is 2.26. The van der Waals surface area contributed by atoms with Crippen molar-refractivity contribution in [2.24, 2.45) is 11.7 Å². The Morgan fingerprint density at radius 1 is 1.22 bits per heavy atom. The van der Waals surface area contributed by atoms with E-state index in [1.165, 1.54) is 19.2 Å². The Morgan fingerprint density at radius 2 is 1.89 bits per heavy atom. The molecular weight excluding hydrogens is 347 g/mol. The number of aromatic hydroxyl groups is 1. The minimum Gasteiger partial charge on any atom is -0.504 e. The standard InChI is InChI=1S/C21H27FN2O3/c1-14(3-4-16-7-10-20(27-2)19(25)12-16)24-13-17(21(23)26)11-15-5-8-18(22)9-6-15/h5-10,12,14,17,24-25H,3-4,11,13H2,1-2H3,(H2,23,26)/t14-,17+/m0/s1. The van der Waals surface area contributed by atoms with E-state index < -0.39 is 0 Å². The number of hydrogen-bond acceptors (Lipinski definition) is 4. The largest absolute Gasteiger partial charge is 0.504 e. The first kappa shape index (κ1) is 20.7. The quantitative estimate of drug-likeness (QED) is 0.597. The number of phenolic OH excluding ortho intramolecular Hbond substituents is 1. The number of nitrogens with one attached hydrogen (secondary N) is 1. The minimum absolute atomic E-state index is 0.128. The van der Waals surface area contributed by atoms with Gasteiger partial charge < -0.3 is 20.9 Å². The fraction of sp³-hybridized carbons (Fsp3) is 0.381. The Kier molecular flexibility index (Phi) is 7.61. The van der Waals surface area contributed by atoms with Gasteiger partial charge in [0.05, 0.1) is 13.0 Å². The molecule has 0 bridgehead atoms. The molecule has 6 heteroatoms. The van der Waals surface area contributed by atoms with Crippen LogP contribution < -0.4 is 15.8 Å². The fourth-order valence-electron chi connectivity index (χ4n) is 2.90. The molecule has 2 aromatic carbocycles. The predicted octanol–water partition coefficient (Wildman–Crippen LogP) is 2.79. The van der Waals surface area contributed by atoms with E-state index in [1.54, 1.807) is 24.3 Å². The van der Waals surface area contributed by atoms with E-state index in [9.17, 15) is 14.3 Å². The van der Waals surface area contributed by atoms with Crippen LogP contribution in [0.5, 0.6) is 11.5 Å². The van der Waals surface area contributed by atoms with Crippen molar-refractivity contribution < 1.29 is 19.0 Å². The molecular formula is C21H27FN2O3. The summed E-state index contributed by atoms with van der Waals surface area (Å²) < 4.78 is 18.0. The van der Waals surface area contributed by atoms with Gasteiger partial charge in [-0.15, -0.1) is 0 Å². The lowest BCUT2D eigenvalue weighted by molar-refractivity contribution is -0.121. The lowest BCUT2D eigenvalue weighted by Gasteiger charge is -2.19. The van der Waals surface area contributed by atoms with Gasteiger partial charge in [0.1, 0.15) is 5.82 Å². The Morgan fingerprint density at radius 3 is 2.48 bits per heavy atom. The zero-order chi connectivity index (χ0) is 19.8. The van der Waals surface area contributed by atoms with Crippen LogP contribution in [0.3, 0.4) is 0 Å². The zero-order valence-electron chi connectivity index (χ0n) is 15.7. The number of halogens is 1. The fourth-order valence-corrected chi connectivity index (χ4v) is 2.90. The molecule has 0 heterocycles. The van der Waals surface area contributed by atoms with E-state index in [2.05, 4.69) is 5.32 Å². The van der Waals surface area contributed by atoms with Crippen LogP contribution in [-0.4, -0.2) is 30.7 Å². The summed E-state index contributed by atoms with van der Waals surface area (Å²) in [6.45, 7) is 2.50. The van der Waals surface area contributed by atoms with E-state index in [0.29, 0.717) is 18.7 Å². The number of nitrogens with two attached hydrogens (primary N) is 1. The van der Waals surface area contributed by atoms with E-state index >= 15 is 0 Å². The van der Waals surface area contributed by atoms with Crippen molar-refractivity contribution in [3.8, 4) is 11.5 Å². The van der Waals surface area contributed by atoms with E-state index in [-0.39, 0.29) is 29.4 Å². The Hall–Kier alpha value is -2.60. The molecule has 5 nitrogen and oxygen atoms in total.